The molecule has 0 fully saturated rings. The van der Waals surface area contributed by atoms with Crippen molar-refractivity contribution in [3.8, 4) is 11.1 Å². The quantitative estimate of drug-likeness (QED) is 0.230. The number of rotatable bonds is 6. The van der Waals surface area contributed by atoms with Gasteiger partial charge < -0.3 is 14.6 Å². The summed E-state index contributed by atoms with van der Waals surface area (Å²) >= 11 is 0. The lowest BCUT2D eigenvalue weighted by Crippen LogP contribution is -2.34. The third kappa shape index (κ3) is 5.25. The number of aryl methyl sites for hydroxylation is 1. The highest BCUT2D eigenvalue weighted by Gasteiger charge is 2.24. The number of halogens is 4. The predicted octanol–water partition coefficient (Wildman–Crippen LogP) is 8.20. The van der Waals surface area contributed by atoms with Gasteiger partial charge >= 0.3 is 6.03 Å². The Morgan fingerprint density at radius 2 is 1.50 bits per heavy atom. The largest absolute Gasteiger partial charge is 0.459 e. The van der Waals surface area contributed by atoms with Gasteiger partial charge in [0.05, 0.1) is 6.54 Å². The number of furan rings is 1. The van der Waals surface area contributed by atoms with Crippen molar-refractivity contribution in [1.82, 2.24) is 4.90 Å². The molecule has 0 radical (unpaired) electrons. The molecule has 0 spiro atoms. The van der Waals surface area contributed by atoms with Crippen molar-refractivity contribution in [1.29, 1.82) is 0 Å². The average molecular weight is 519 g/mol. The first-order valence-corrected chi connectivity index (χ1v) is 11.8. The Labute approximate surface area is 216 Å². The van der Waals surface area contributed by atoms with Gasteiger partial charge in [0, 0.05) is 29.6 Å². The molecule has 38 heavy (non-hydrogen) atoms. The van der Waals surface area contributed by atoms with Crippen molar-refractivity contribution in [3.63, 3.8) is 0 Å². The van der Waals surface area contributed by atoms with E-state index in [1.807, 2.05) is 43.3 Å². The number of nitrogens with zero attached hydrogens (tertiary/aromatic N) is 1. The van der Waals surface area contributed by atoms with Crippen molar-refractivity contribution in [2.45, 2.75) is 20.0 Å². The highest BCUT2D eigenvalue weighted by atomic mass is 19.1. The third-order valence-corrected chi connectivity index (χ3v) is 6.13. The van der Waals surface area contributed by atoms with Gasteiger partial charge in [0.25, 0.3) is 0 Å². The second-order valence-electron chi connectivity index (χ2n) is 8.92. The second-order valence-corrected chi connectivity index (χ2v) is 8.92. The number of fused-ring (bicyclic) bond motifs is 1. The second kappa shape index (κ2) is 10.4. The number of hydrogen-bond acceptors (Lipinski definition) is 2. The van der Waals surface area contributed by atoms with E-state index in [1.54, 1.807) is 24.3 Å². The number of benzene rings is 4. The number of hydrogen-bond donors (Lipinski definition) is 1. The van der Waals surface area contributed by atoms with E-state index in [2.05, 4.69) is 5.32 Å². The zero-order chi connectivity index (χ0) is 26.8. The molecule has 4 nitrogen and oxygen atoms in total. The standard InChI is InChI=1S/C30H22F4N2O2/c1-18-7-12-26-23(13-18)28(20-8-10-21(31)11-9-20)27(38-26)17-36(16-19-5-3-2-4-6-19)30(37)35-29-24(33)14-22(32)15-25(29)34/h2-15H,16-17H2,1H3,(H,35,37). The summed E-state index contributed by atoms with van der Waals surface area (Å²) in [5, 5.41) is 3.01. The highest BCUT2D eigenvalue weighted by molar-refractivity contribution is 5.96. The first-order chi connectivity index (χ1) is 18.3. The fourth-order valence-electron chi connectivity index (χ4n) is 4.33. The number of nitrogens with one attached hydrogen (secondary N) is 1. The Kier molecular flexibility index (Phi) is 6.87. The molecule has 0 bridgehead atoms. The van der Waals surface area contributed by atoms with Crippen LogP contribution >= 0.6 is 0 Å². The Morgan fingerprint density at radius 1 is 0.816 bits per heavy atom. The average Bonchev–Trinajstić information content (AvgIpc) is 3.23. The van der Waals surface area contributed by atoms with Crippen LogP contribution in [0.5, 0.6) is 0 Å². The fraction of sp³-hybridized carbons (Fsp3) is 0.100. The monoisotopic (exact) mass is 518 g/mol. The Bertz CT molecular complexity index is 1590. The fourth-order valence-corrected chi connectivity index (χ4v) is 4.33. The molecule has 192 valence electrons. The van der Waals surface area contributed by atoms with Crippen LogP contribution in [0.4, 0.5) is 28.0 Å². The Balaban J connectivity index is 1.57. The van der Waals surface area contributed by atoms with Gasteiger partial charge in [-0.05, 0) is 42.3 Å². The molecule has 5 aromatic rings. The molecule has 0 aliphatic heterocycles. The van der Waals surface area contributed by atoms with Crippen LogP contribution in [-0.2, 0) is 13.1 Å². The molecule has 0 saturated carbocycles. The van der Waals surface area contributed by atoms with Gasteiger partial charge in [-0.3, -0.25) is 0 Å². The molecule has 8 heteroatoms. The minimum atomic E-state index is -1.23. The van der Waals surface area contributed by atoms with Crippen LogP contribution in [0.15, 0.2) is 89.3 Å². The Morgan fingerprint density at radius 3 is 2.18 bits per heavy atom. The molecule has 1 aromatic heterocycles. The van der Waals surface area contributed by atoms with E-state index in [1.165, 1.54) is 17.0 Å². The summed E-state index contributed by atoms with van der Waals surface area (Å²) in [5.74, 6) is -3.56. The van der Waals surface area contributed by atoms with Gasteiger partial charge in [-0.2, -0.15) is 0 Å². The van der Waals surface area contributed by atoms with Crippen molar-refractivity contribution in [3.05, 3.63) is 125 Å². The minimum Gasteiger partial charge on any atom is -0.459 e. The van der Waals surface area contributed by atoms with Crippen molar-refractivity contribution < 1.29 is 26.8 Å². The summed E-state index contributed by atoms with van der Waals surface area (Å²) in [5.41, 5.74) is 2.91. The molecule has 1 N–H and O–H groups in total. The normalized spacial score (nSPS) is 11.1. The third-order valence-electron chi connectivity index (χ3n) is 6.13. The Hall–Kier alpha value is -4.59. The molecule has 2 amide bonds. The van der Waals surface area contributed by atoms with E-state index in [0.29, 0.717) is 34.6 Å². The van der Waals surface area contributed by atoms with Crippen LogP contribution < -0.4 is 5.32 Å². The minimum absolute atomic E-state index is 0.0778. The van der Waals surface area contributed by atoms with Gasteiger partial charge in [0.2, 0.25) is 0 Å². The number of amides is 2. The van der Waals surface area contributed by atoms with Crippen LogP contribution in [0, 0.1) is 30.2 Å². The maximum Gasteiger partial charge on any atom is 0.322 e. The summed E-state index contributed by atoms with van der Waals surface area (Å²) in [7, 11) is 0. The van der Waals surface area contributed by atoms with E-state index in [9.17, 15) is 22.4 Å². The summed E-state index contributed by atoms with van der Waals surface area (Å²) in [4.78, 5) is 14.7. The summed E-state index contributed by atoms with van der Waals surface area (Å²) in [6, 6.07) is 20.8. The van der Waals surface area contributed by atoms with E-state index in [0.717, 1.165) is 16.5 Å². The lowest BCUT2D eigenvalue weighted by atomic mass is 10.0. The summed E-state index contributed by atoms with van der Waals surface area (Å²) in [6.07, 6.45) is 0. The van der Waals surface area contributed by atoms with Gasteiger partial charge in [-0.25, -0.2) is 22.4 Å². The number of carbonyl (C=O) groups excluding carboxylic acids is 1. The molecule has 0 unspecified atom stereocenters. The summed E-state index contributed by atoms with van der Waals surface area (Å²) < 4.78 is 61.9. The van der Waals surface area contributed by atoms with Crippen LogP contribution in [0.3, 0.4) is 0 Å². The molecule has 0 saturated heterocycles. The number of urea groups is 1. The maximum absolute atomic E-state index is 14.3. The first kappa shape index (κ1) is 25.1. The van der Waals surface area contributed by atoms with Crippen molar-refractivity contribution >= 4 is 22.7 Å². The molecule has 0 aliphatic carbocycles. The van der Waals surface area contributed by atoms with E-state index < -0.39 is 35.0 Å². The first-order valence-electron chi connectivity index (χ1n) is 11.8. The number of anilines is 1. The van der Waals surface area contributed by atoms with Crippen LogP contribution in [0.25, 0.3) is 22.1 Å². The topological polar surface area (TPSA) is 45.5 Å². The van der Waals surface area contributed by atoms with Crippen LogP contribution in [0.1, 0.15) is 16.9 Å². The van der Waals surface area contributed by atoms with Gasteiger partial charge in [-0.1, -0.05) is 54.1 Å². The van der Waals surface area contributed by atoms with Gasteiger partial charge in [-0.15, -0.1) is 0 Å². The molecule has 4 aromatic carbocycles. The van der Waals surface area contributed by atoms with Crippen LogP contribution in [0.2, 0.25) is 0 Å². The van der Waals surface area contributed by atoms with E-state index in [-0.39, 0.29) is 13.1 Å². The van der Waals surface area contributed by atoms with Crippen LogP contribution in [-0.4, -0.2) is 10.9 Å². The number of carbonyl (C=O) groups is 1. The smallest absolute Gasteiger partial charge is 0.322 e. The zero-order valence-electron chi connectivity index (χ0n) is 20.3. The van der Waals surface area contributed by atoms with Gasteiger partial charge in [0.15, 0.2) is 11.6 Å². The lowest BCUT2D eigenvalue weighted by molar-refractivity contribution is 0.201. The molecular formula is C30H22F4N2O2. The SMILES string of the molecule is Cc1ccc2oc(CN(Cc3ccccc3)C(=O)Nc3c(F)cc(F)cc3F)c(-c3ccc(F)cc3)c2c1. The van der Waals surface area contributed by atoms with Gasteiger partial charge in [0.1, 0.15) is 28.7 Å². The van der Waals surface area contributed by atoms with E-state index in [4.69, 9.17) is 4.42 Å². The molecule has 1 heterocycles. The van der Waals surface area contributed by atoms with Crippen molar-refractivity contribution in [2.75, 3.05) is 5.32 Å². The highest BCUT2D eigenvalue weighted by Crippen LogP contribution is 2.36. The lowest BCUT2D eigenvalue weighted by Gasteiger charge is -2.23. The molecule has 0 aliphatic rings. The maximum atomic E-state index is 14.3. The summed E-state index contributed by atoms with van der Waals surface area (Å²) in [6.45, 7) is 1.93. The molecule has 0 atom stereocenters. The van der Waals surface area contributed by atoms with E-state index >= 15 is 0 Å². The predicted molar refractivity (Wildman–Crippen MR) is 137 cm³/mol. The molecular weight excluding hydrogens is 496 g/mol. The molecule has 5 rings (SSSR count). The van der Waals surface area contributed by atoms with Crippen molar-refractivity contribution in [2.24, 2.45) is 0 Å². The zero-order valence-corrected chi connectivity index (χ0v) is 20.3.